The van der Waals surface area contributed by atoms with Crippen molar-refractivity contribution in [2.75, 3.05) is 11.8 Å². The second-order valence-electron chi connectivity index (χ2n) is 7.85. The molecule has 0 radical (unpaired) electrons. The lowest BCUT2D eigenvalue weighted by molar-refractivity contribution is -0.192. The monoisotopic (exact) mass is 486 g/mol. The maximum absolute atomic E-state index is 12.8. The summed E-state index contributed by atoms with van der Waals surface area (Å²) in [7, 11) is -2.03. The number of sulfonamides is 1. The molecule has 0 unspecified atom stereocenters. The van der Waals surface area contributed by atoms with E-state index in [1.807, 2.05) is 32.0 Å². The Kier molecular flexibility index (Phi) is 7.47. The highest BCUT2D eigenvalue weighted by molar-refractivity contribution is 7.92. The largest absolute Gasteiger partial charge is 0.490 e. The molecule has 2 aromatic carbocycles. The van der Waals surface area contributed by atoms with Gasteiger partial charge in [0, 0.05) is 12.7 Å². The Morgan fingerprint density at radius 3 is 1.88 bits per heavy atom. The van der Waals surface area contributed by atoms with Gasteiger partial charge in [0.15, 0.2) is 0 Å². The first-order chi connectivity index (χ1) is 15.1. The molecule has 1 aliphatic carbocycles. The summed E-state index contributed by atoms with van der Waals surface area (Å²) < 4.78 is 59.9. The molecule has 0 saturated heterocycles. The minimum absolute atomic E-state index is 0.0107. The van der Waals surface area contributed by atoms with Gasteiger partial charge in [-0.2, -0.15) is 13.2 Å². The number of hydrogen-bond donors (Lipinski definition) is 3. The molecular weight excluding hydrogens is 461 g/mol. The third-order valence-corrected chi connectivity index (χ3v) is 6.95. The number of carboxylic acids is 1. The molecular formula is C22H25F3N2O5S. The molecule has 3 rings (SSSR count). The zero-order valence-electron chi connectivity index (χ0n) is 18.5. The quantitative estimate of drug-likeness (QED) is 0.595. The number of carbonyl (C=O) groups excluding carboxylic acids is 1. The molecule has 0 spiro atoms. The van der Waals surface area contributed by atoms with Crippen molar-refractivity contribution in [1.29, 1.82) is 0 Å². The Morgan fingerprint density at radius 2 is 1.45 bits per heavy atom. The zero-order chi connectivity index (χ0) is 25.2. The Morgan fingerprint density at radius 1 is 0.970 bits per heavy atom. The predicted octanol–water partition coefficient (Wildman–Crippen LogP) is 3.82. The number of rotatable bonds is 5. The third kappa shape index (κ3) is 6.04. The molecule has 1 amide bonds. The molecule has 7 nitrogen and oxygen atoms in total. The summed E-state index contributed by atoms with van der Waals surface area (Å²) in [5.74, 6) is -2.75. The van der Waals surface area contributed by atoms with Crippen LogP contribution in [0.5, 0.6) is 0 Å². The van der Waals surface area contributed by atoms with E-state index < -0.39 is 27.6 Å². The number of likely N-dealkylation sites (N-methyl/N-ethyl adjacent to an activating group) is 1. The van der Waals surface area contributed by atoms with Crippen LogP contribution >= 0.6 is 0 Å². The number of alkyl halides is 3. The van der Waals surface area contributed by atoms with Gasteiger partial charge in [0.25, 0.3) is 10.0 Å². The summed E-state index contributed by atoms with van der Waals surface area (Å²) >= 11 is 0. The van der Waals surface area contributed by atoms with Crippen molar-refractivity contribution >= 4 is 27.6 Å². The van der Waals surface area contributed by atoms with Gasteiger partial charge in [0.1, 0.15) is 0 Å². The van der Waals surface area contributed by atoms with E-state index in [-0.39, 0.29) is 10.8 Å². The fourth-order valence-electron chi connectivity index (χ4n) is 3.30. The van der Waals surface area contributed by atoms with Crippen LogP contribution in [0.1, 0.15) is 35.1 Å². The Labute approximate surface area is 190 Å². The molecule has 0 heterocycles. The number of hydrogen-bond acceptors (Lipinski definition) is 4. The molecule has 2 aromatic rings. The summed E-state index contributed by atoms with van der Waals surface area (Å²) in [6, 6.07) is 10.7. The van der Waals surface area contributed by atoms with Gasteiger partial charge < -0.3 is 10.4 Å². The van der Waals surface area contributed by atoms with Crippen molar-refractivity contribution in [2.45, 2.75) is 50.1 Å². The van der Waals surface area contributed by atoms with Crippen molar-refractivity contribution < 1.29 is 36.3 Å². The number of carboxylic acid groups (broad SMARTS) is 1. The van der Waals surface area contributed by atoms with Crippen LogP contribution in [-0.2, 0) is 25.0 Å². The molecule has 0 bridgehead atoms. The summed E-state index contributed by atoms with van der Waals surface area (Å²) in [6.45, 7) is 5.66. The van der Waals surface area contributed by atoms with E-state index in [1.54, 1.807) is 32.2 Å². The number of nitrogens with one attached hydrogen (secondary N) is 2. The van der Waals surface area contributed by atoms with Crippen LogP contribution in [-0.4, -0.2) is 38.6 Å². The van der Waals surface area contributed by atoms with Gasteiger partial charge in [-0.25, -0.2) is 13.2 Å². The highest BCUT2D eigenvalue weighted by Gasteiger charge is 2.50. The Hall–Kier alpha value is -3.08. The first-order valence-corrected chi connectivity index (χ1v) is 11.4. The minimum Gasteiger partial charge on any atom is -0.475 e. The van der Waals surface area contributed by atoms with Crippen LogP contribution in [0.25, 0.3) is 0 Å². The summed E-state index contributed by atoms with van der Waals surface area (Å²) in [6.07, 6.45) is -3.45. The van der Waals surface area contributed by atoms with Gasteiger partial charge in [0.2, 0.25) is 5.91 Å². The van der Waals surface area contributed by atoms with Gasteiger partial charge in [-0.05, 0) is 74.1 Å². The molecule has 0 aliphatic heterocycles. The first kappa shape index (κ1) is 26.2. The van der Waals surface area contributed by atoms with Crippen LogP contribution in [0.15, 0.2) is 41.3 Å². The summed E-state index contributed by atoms with van der Waals surface area (Å²) in [4.78, 5) is 21.3. The van der Waals surface area contributed by atoms with E-state index in [1.165, 1.54) is 0 Å². The summed E-state index contributed by atoms with van der Waals surface area (Å²) in [5, 5.41) is 9.83. The smallest absolute Gasteiger partial charge is 0.475 e. The van der Waals surface area contributed by atoms with Crippen LogP contribution in [0, 0.1) is 20.8 Å². The lowest BCUT2D eigenvalue weighted by Gasteiger charge is -2.16. The lowest BCUT2D eigenvalue weighted by atomic mass is 9.95. The number of halogens is 3. The SMILES string of the molecule is CNC(=O)C1(c2ccc(NS(=O)(=O)c3cc(C)c(C)cc3C)cc2)CC1.O=C(O)C(F)(F)F. The van der Waals surface area contributed by atoms with Gasteiger partial charge in [-0.3, -0.25) is 9.52 Å². The van der Waals surface area contributed by atoms with E-state index in [9.17, 15) is 26.4 Å². The zero-order valence-corrected chi connectivity index (χ0v) is 19.3. The minimum atomic E-state index is -5.08. The van der Waals surface area contributed by atoms with E-state index >= 15 is 0 Å². The molecule has 180 valence electrons. The number of aliphatic carboxylic acids is 1. The normalized spacial score (nSPS) is 14.5. The van der Waals surface area contributed by atoms with Crippen molar-refractivity contribution in [3.05, 3.63) is 58.7 Å². The lowest BCUT2D eigenvalue weighted by Crippen LogP contribution is -2.31. The second-order valence-corrected chi connectivity index (χ2v) is 9.50. The van der Waals surface area contributed by atoms with Crippen molar-refractivity contribution in [2.24, 2.45) is 0 Å². The number of amides is 1. The van der Waals surface area contributed by atoms with Crippen molar-refractivity contribution in [1.82, 2.24) is 5.32 Å². The van der Waals surface area contributed by atoms with Crippen molar-refractivity contribution in [3.8, 4) is 0 Å². The highest BCUT2D eigenvalue weighted by Crippen LogP contribution is 2.48. The van der Waals surface area contributed by atoms with E-state index in [4.69, 9.17) is 9.90 Å². The van der Waals surface area contributed by atoms with Gasteiger partial charge in [-0.15, -0.1) is 0 Å². The van der Waals surface area contributed by atoms with Crippen LogP contribution < -0.4 is 10.0 Å². The highest BCUT2D eigenvalue weighted by atomic mass is 32.2. The average molecular weight is 487 g/mol. The fraction of sp³-hybridized carbons (Fsp3) is 0.364. The van der Waals surface area contributed by atoms with E-state index in [0.29, 0.717) is 11.3 Å². The maximum Gasteiger partial charge on any atom is 0.490 e. The second kappa shape index (κ2) is 9.42. The van der Waals surface area contributed by atoms with Crippen LogP contribution in [0.4, 0.5) is 18.9 Å². The Bertz CT molecular complexity index is 1160. The molecule has 1 fully saturated rings. The predicted molar refractivity (Wildman–Crippen MR) is 117 cm³/mol. The number of anilines is 1. The van der Waals surface area contributed by atoms with Crippen molar-refractivity contribution in [3.63, 3.8) is 0 Å². The molecule has 0 aromatic heterocycles. The molecule has 3 N–H and O–H groups in total. The molecule has 33 heavy (non-hydrogen) atoms. The molecule has 1 saturated carbocycles. The van der Waals surface area contributed by atoms with E-state index in [0.717, 1.165) is 29.5 Å². The topological polar surface area (TPSA) is 113 Å². The standard InChI is InChI=1S/C20H24N2O3S.C2HF3O2/c1-13-11-15(3)18(12-14(13)2)26(24,25)22-17-7-5-16(6-8-17)20(9-10-20)19(23)21-4;3-2(4,5)1(6)7/h5-8,11-12,22H,9-10H2,1-4H3,(H,21,23);(H,6,7). The van der Waals surface area contributed by atoms with Crippen LogP contribution in [0.3, 0.4) is 0 Å². The van der Waals surface area contributed by atoms with Gasteiger partial charge in [-0.1, -0.05) is 18.2 Å². The molecule has 0 atom stereocenters. The molecule has 1 aliphatic rings. The van der Waals surface area contributed by atoms with Gasteiger partial charge >= 0.3 is 12.1 Å². The number of aryl methyl sites for hydroxylation is 3. The fourth-order valence-corrected chi connectivity index (χ4v) is 4.67. The number of carbonyl (C=O) groups is 2. The average Bonchev–Trinajstić information content (AvgIpc) is 3.52. The number of benzene rings is 2. The third-order valence-electron chi connectivity index (χ3n) is 5.42. The van der Waals surface area contributed by atoms with E-state index in [2.05, 4.69) is 10.0 Å². The van der Waals surface area contributed by atoms with Crippen LogP contribution in [0.2, 0.25) is 0 Å². The summed E-state index contributed by atoms with van der Waals surface area (Å²) in [5.41, 5.74) is 3.67. The first-order valence-electron chi connectivity index (χ1n) is 9.87. The molecule has 11 heteroatoms. The maximum atomic E-state index is 12.8. The van der Waals surface area contributed by atoms with Gasteiger partial charge in [0.05, 0.1) is 10.3 Å². The Balaban J connectivity index is 0.000000479.